The van der Waals surface area contributed by atoms with Crippen molar-refractivity contribution in [3.8, 4) is 5.75 Å². The normalized spacial score (nSPS) is 10.9. The fourth-order valence-corrected chi connectivity index (χ4v) is 2.80. The number of aromatic nitrogens is 3. The number of rotatable bonds is 9. The molecule has 0 saturated carbocycles. The highest BCUT2D eigenvalue weighted by Crippen LogP contribution is 2.13. The highest BCUT2D eigenvalue weighted by atomic mass is 16.5. The molecular weight excluding hydrogens is 340 g/mol. The Labute approximate surface area is 159 Å². The van der Waals surface area contributed by atoms with Gasteiger partial charge in [-0.05, 0) is 56.0 Å². The number of nitrogens with zero attached hydrogens (tertiary/aromatic N) is 3. The predicted octanol–water partition coefficient (Wildman–Crippen LogP) is 3.58. The van der Waals surface area contributed by atoms with E-state index in [1.165, 1.54) is 0 Å². The van der Waals surface area contributed by atoms with Crippen molar-refractivity contribution < 1.29 is 9.53 Å². The minimum Gasteiger partial charge on any atom is -0.494 e. The Bertz CT molecular complexity index is 887. The number of unbranched alkanes of at least 4 members (excludes halogenated alkanes) is 1. The molecule has 2 heterocycles. The van der Waals surface area contributed by atoms with Gasteiger partial charge in [0.1, 0.15) is 5.75 Å². The fourth-order valence-electron chi connectivity index (χ4n) is 2.80. The number of carbonyl (C=O) groups is 1. The number of ether oxygens (including phenoxy) is 1. The molecule has 27 heavy (non-hydrogen) atoms. The second-order valence-corrected chi connectivity index (χ2v) is 6.64. The highest BCUT2D eigenvalue weighted by Gasteiger charge is 2.06. The van der Waals surface area contributed by atoms with Gasteiger partial charge in [0.15, 0.2) is 5.65 Å². The lowest BCUT2D eigenvalue weighted by Crippen LogP contribution is -2.24. The van der Waals surface area contributed by atoms with Crippen molar-refractivity contribution in [3.05, 3.63) is 59.5 Å². The standard InChI is InChI=1S/C21H26N4O2/c1-3-4-12-27-19-9-7-18(8-10-19)21(26)22-11-5-6-17-14-23-20-13-16(2)24-25(20)15-17/h7-10,13-15H,3-6,11-12H2,1-2H3,(H,22,26). The number of aryl methyl sites for hydroxylation is 2. The van der Waals surface area contributed by atoms with Gasteiger partial charge in [0.2, 0.25) is 0 Å². The lowest BCUT2D eigenvalue weighted by Gasteiger charge is -2.08. The van der Waals surface area contributed by atoms with E-state index in [1.54, 1.807) is 16.6 Å². The number of hydrogen-bond acceptors (Lipinski definition) is 4. The van der Waals surface area contributed by atoms with Gasteiger partial charge in [-0.3, -0.25) is 4.79 Å². The van der Waals surface area contributed by atoms with Crippen LogP contribution in [-0.2, 0) is 6.42 Å². The Kier molecular flexibility index (Phi) is 6.41. The van der Waals surface area contributed by atoms with E-state index >= 15 is 0 Å². The van der Waals surface area contributed by atoms with Gasteiger partial charge >= 0.3 is 0 Å². The summed E-state index contributed by atoms with van der Waals surface area (Å²) in [4.78, 5) is 16.6. The molecule has 0 atom stereocenters. The van der Waals surface area contributed by atoms with Crippen molar-refractivity contribution in [3.63, 3.8) is 0 Å². The summed E-state index contributed by atoms with van der Waals surface area (Å²) in [6.07, 6.45) is 7.68. The molecule has 0 unspecified atom stereocenters. The zero-order valence-corrected chi connectivity index (χ0v) is 15.9. The van der Waals surface area contributed by atoms with Crippen LogP contribution in [0.1, 0.15) is 47.8 Å². The van der Waals surface area contributed by atoms with Crippen LogP contribution in [0.3, 0.4) is 0 Å². The van der Waals surface area contributed by atoms with Crippen molar-refractivity contribution in [2.24, 2.45) is 0 Å². The first-order valence-corrected chi connectivity index (χ1v) is 9.47. The fraction of sp³-hybridized carbons (Fsp3) is 0.381. The van der Waals surface area contributed by atoms with Crippen LogP contribution in [0.15, 0.2) is 42.7 Å². The van der Waals surface area contributed by atoms with Gasteiger partial charge < -0.3 is 10.1 Å². The molecule has 0 bridgehead atoms. The van der Waals surface area contributed by atoms with Crippen LogP contribution in [0.5, 0.6) is 5.75 Å². The predicted molar refractivity (Wildman–Crippen MR) is 105 cm³/mol. The Morgan fingerprint density at radius 3 is 2.81 bits per heavy atom. The summed E-state index contributed by atoms with van der Waals surface area (Å²) in [6.45, 7) is 5.41. The van der Waals surface area contributed by atoms with Crippen molar-refractivity contribution in [1.29, 1.82) is 0 Å². The van der Waals surface area contributed by atoms with E-state index in [4.69, 9.17) is 4.74 Å². The monoisotopic (exact) mass is 366 g/mol. The number of nitrogens with one attached hydrogen (secondary N) is 1. The van der Waals surface area contributed by atoms with E-state index < -0.39 is 0 Å². The van der Waals surface area contributed by atoms with Gasteiger partial charge in [0.25, 0.3) is 5.91 Å². The third-order valence-corrected chi connectivity index (χ3v) is 4.30. The van der Waals surface area contributed by atoms with Gasteiger partial charge in [-0.1, -0.05) is 13.3 Å². The van der Waals surface area contributed by atoms with E-state index in [9.17, 15) is 4.79 Å². The molecule has 1 N–H and O–H groups in total. The molecule has 3 aromatic rings. The van der Waals surface area contributed by atoms with Crippen LogP contribution in [0, 0.1) is 6.92 Å². The van der Waals surface area contributed by atoms with Gasteiger partial charge in [-0.2, -0.15) is 5.10 Å². The van der Waals surface area contributed by atoms with Gasteiger partial charge in [-0.15, -0.1) is 0 Å². The van der Waals surface area contributed by atoms with E-state index in [2.05, 4.69) is 22.3 Å². The van der Waals surface area contributed by atoms with Crippen LogP contribution in [0.25, 0.3) is 5.65 Å². The Morgan fingerprint density at radius 2 is 2.04 bits per heavy atom. The number of carbonyl (C=O) groups excluding carboxylic acids is 1. The quantitative estimate of drug-likeness (QED) is 0.588. The van der Waals surface area contributed by atoms with Gasteiger partial charge in [-0.25, -0.2) is 9.50 Å². The molecule has 2 aromatic heterocycles. The van der Waals surface area contributed by atoms with E-state index in [0.717, 1.165) is 48.3 Å². The molecule has 142 valence electrons. The molecule has 0 aliphatic carbocycles. The molecular formula is C21H26N4O2. The van der Waals surface area contributed by atoms with Gasteiger partial charge in [0.05, 0.1) is 12.3 Å². The van der Waals surface area contributed by atoms with E-state index in [-0.39, 0.29) is 5.91 Å². The summed E-state index contributed by atoms with van der Waals surface area (Å²) >= 11 is 0. The highest BCUT2D eigenvalue weighted by molar-refractivity contribution is 5.94. The number of fused-ring (bicyclic) bond motifs is 1. The molecule has 0 aliphatic rings. The van der Waals surface area contributed by atoms with Crippen LogP contribution in [0.4, 0.5) is 0 Å². The van der Waals surface area contributed by atoms with Crippen LogP contribution < -0.4 is 10.1 Å². The first-order valence-electron chi connectivity index (χ1n) is 9.47. The molecule has 1 aromatic carbocycles. The zero-order chi connectivity index (χ0) is 19.1. The molecule has 6 nitrogen and oxygen atoms in total. The number of amides is 1. The largest absolute Gasteiger partial charge is 0.494 e. The molecule has 0 fully saturated rings. The summed E-state index contributed by atoms with van der Waals surface area (Å²) in [6, 6.07) is 9.24. The molecule has 0 saturated heterocycles. The maximum Gasteiger partial charge on any atom is 0.251 e. The van der Waals surface area contributed by atoms with Crippen LogP contribution >= 0.6 is 0 Å². The third-order valence-electron chi connectivity index (χ3n) is 4.30. The summed E-state index contributed by atoms with van der Waals surface area (Å²) in [5, 5.41) is 7.33. The summed E-state index contributed by atoms with van der Waals surface area (Å²) in [5.41, 5.74) is 3.56. The third kappa shape index (κ3) is 5.29. The van der Waals surface area contributed by atoms with Gasteiger partial charge in [0, 0.05) is 30.6 Å². The minimum absolute atomic E-state index is 0.0635. The van der Waals surface area contributed by atoms with Crippen molar-refractivity contribution >= 4 is 11.6 Å². The molecule has 1 amide bonds. The molecule has 6 heteroatoms. The van der Waals surface area contributed by atoms with E-state index in [0.29, 0.717) is 18.7 Å². The first-order chi connectivity index (χ1) is 13.2. The molecule has 0 aliphatic heterocycles. The molecule has 0 radical (unpaired) electrons. The first kappa shape index (κ1) is 18.9. The second-order valence-electron chi connectivity index (χ2n) is 6.64. The van der Waals surface area contributed by atoms with Crippen molar-refractivity contribution in [2.45, 2.75) is 39.5 Å². The zero-order valence-electron chi connectivity index (χ0n) is 15.9. The minimum atomic E-state index is -0.0635. The molecule has 3 rings (SSSR count). The van der Waals surface area contributed by atoms with Crippen LogP contribution in [0.2, 0.25) is 0 Å². The Morgan fingerprint density at radius 1 is 1.22 bits per heavy atom. The van der Waals surface area contributed by atoms with Crippen molar-refractivity contribution in [2.75, 3.05) is 13.2 Å². The topological polar surface area (TPSA) is 68.5 Å². The lowest BCUT2D eigenvalue weighted by atomic mass is 10.1. The molecule has 0 spiro atoms. The van der Waals surface area contributed by atoms with E-state index in [1.807, 2.05) is 37.5 Å². The smallest absolute Gasteiger partial charge is 0.251 e. The maximum absolute atomic E-state index is 12.2. The SMILES string of the molecule is CCCCOc1ccc(C(=O)NCCCc2cnc3cc(C)nn3c2)cc1. The van der Waals surface area contributed by atoms with Crippen molar-refractivity contribution in [1.82, 2.24) is 19.9 Å². The summed E-state index contributed by atoms with van der Waals surface area (Å²) in [5.74, 6) is 0.739. The Balaban J connectivity index is 1.43. The summed E-state index contributed by atoms with van der Waals surface area (Å²) < 4.78 is 7.41. The lowest BCUT2D eigenvalue weighted by molar-refractivity contribution is 0.0953. The van der Waals surface area contributed by atoms with Crippen LogP contribution in [-0.4, -0.2) is 33.7 Å². The number of hydrogen-bond donors (Lipinski definition) is 1. The number of benzene rings is 1. The maximum atomic E-state index is 12.2. The average molecular weight is 366 g/mol. The average Bonchev–Trinajstić information content (AvgIpc) is 3.05. The summed E-state index contributed by atoms with van der Waals surface area (Å²) in [7, 11) is 0. The second kappa shape index (κ2) is 9.16. The Hall–Kier alpha value is -2.89.